The molecule has 0 amide bonds. The highest BCUT2D eigenvalue weighted by Gasteiger charge is 2.41. The lowest BCUT2D eigenvalue weighted by Crippen LogP contribution is -2.08. The first kappa shape index (κ1) is 16.0. The van der Waals surface area contributed by atoms with Crippen LogP contribution in [0.15, 0.2) is 83.0 Å². The van der Waals surface area contributed by atoms with E-state index in [-0.39, 0.29) is 12.0 Å². The Hall–Kier alpha value is -3.45. The minimum absolute atomic E-state index is 0.218. The molecule has 0 N–H and O–H groups in total. The second kappa shape index (κ2) is 6.81. The summed E-state index contributed by atoms with van der Waals surface area (Å²) >= 11 is 0. The Labute approximate surface area is 151 Å². The van der Waals surface area contributed by atoms with Gasteiger partial charge in [-0.05, 0) is 42.0 Å². The third-order valence-corrected chi connectivity index (χ3v) is 4.56. The molecular weight excluding hydrogens is 326 g/mol. The van der Waals surface area contributed by atoms with Gasteiger partial charge in [0.05, 0.1) is 30.9 Å². The van der Waals surface area contributed by atoms with Crippen molar-refractivity contribution in [2.75, 3.05) is 7.11 Å². The van der Waals surface area contributed by atoms with Crippen LogP contribution < -0.4 is 4.74 Å². The monoisotopic (exact) mass is 343 g/mol. The first-order valence-corrected chi connectivity index (χ1v) is 8.35. The van der Waals surface area contributed by atoms with Gasteiger partial charge in [-0.15, -0.1) is 0 Å². The second-order valence-corrected chi connectivity index (χ2v) is 6.03. The molecular formula is C22H17NO3. The molecule has 0 bridgehead atoms. The normalized spacial score (nSPS) is 19.1. The third-order valence-electron chi connectivity index (χ3n) is 4.56. The number of benzene rings is 2. The summed E-state index contributed by atoms with van der Waals surface area (Å²) in [6.07, 6.45) is 1.25. The number of rotatable bonds is 4. The van der Waals surface area contributed by atoms with Crippen LogP contribution in [0.5, 0.6) is 5.75 Å². The zero-order chi connectivity index (χ0) is 17.9. The van der Waals surface area contributed by atoms with Gasteiger partial charge in [0.2, 0.25) is 0 Å². The van der Waals surface area contributed by atoms with Crippen molar-refractivity contribution in [3.63, 3.8) is 0 Å². The maximum Gasteiger partial charge on any atom is 0.168 e. The summed E-state index contributed by atoms with van der Waals surface area (Å²) in [4.78, 5) is 0. The van der Waals surface area contributed by atoms with Gasteiger partial charge in [-0.3, -0.25) is 0 Å². The Bertz CT molecular complexity index is 951. The Morgan fingerprint density at radius 1 is 0.962 bits per heavy atom. The molecule has 2 atom stereocenters. The minimum Gasteiger partial charge on any atom is -0.497 e. The topological polar surface area (TPSA) is 55.4 Å². The number of hydrogen-bond acceptors (Lipinski definition) is 4. The van der Waals surface area contributed by atoms with Crippen molar-refractivity contribution >= 4 is 5.76 Å². The summed E-state index contributed by atoms with van der Waals surface area (Å²) in [6.45, 7) is 0. The van der Waals surface area contributed by atoms with Crippen molar-refractivity contribution in [2.24, 2.45) is 0 Å². The zero-order valence-electron chi connectivity index (χ0n) is 14.3. The molecule has 0 spiro atoms. The average molecular weight is 343 g/mol. The van der Waals surface area contributed by atoms with E-state index in [2.05, 4.69) is 6.07 Å². The fourth-order valence-corrected chi connectivity index (χ4v) is 3.31. The lowest BCUT2D eigenvalue weighted by Gasteiger charge is -2.18. The van der Waals surface area contributed by atoms with Gasteiger partial charge < -0.3 is 13.9 Å². The smallest absolute Gasteiger partial charge is 0.168 e. The van der Waals surface area contributed by atoms with Crippen LogP contribution in [0.4, 0.5) is 0 Å². The highest BCUT2D eigenvalue weighted by Crippen LogP contribution is 2.50. The summed E-state index contributed by atoms with van der Waals surface area (Å²) in [5, 5.41) is 9.90. The molecule has 3 aromatic rings. The highest BCUT2D eigenvalue weighted by atomic mass is 16.5. The average Bonchev–Trinajstić information content (AvgIpc) is 3.36. The SMILES string of the molecule is COc1ccc(C2=C(C#N)[C@H](c3ccccc3)[C@H](c3ccco3)O2)cc1. The van der Waals surface area contributed by atoms with E-state index in [0.717, 1.165) is 16.9 Å². The molecule has 2 aromatic carbocycles. The Morgan fingerprint density at radius 3 is 2.35 bits per heavy atom. The van der Waals surface area contributed by atoms with E-state index in [9.17, 15) is 5.26 Å². The lowest BCUT2D eigenvalue weighted by atomic mass is 9.86. The maximum atomic E-state index is 9.90. The van der Waals surface area contributed by atoms with Crippen LogP contribution in [-0.4, -0.2) is 7.11 Å². The Balaban J connectivity index is 1.83. The van der Waals surface area contributed by atoms with Gasteiger partial charge in [-0.25, -0.2) is 0 Å². The van der Waals surface area contributed by atoms with Crippen molar-refractivity contribution in [1.82, 2.24) is 0 Å². The zero-order valence-corrected chi connectivity index (χ0v) is 14.3. The van der Waals surface area contributed by atoms with E-state index >= 15 is 0 Å². The molecule has 1 aromatic heterocycles. The van der Waals surface area contributed by atoms with Crippen LogP contribution in [0.2, 0.25) is 0 Å². The van der Waals surface area contributed by atoms with Gasteiger partial charge >= 0.3 is 0 Å². The Morgan fingerprint density at radius 2 is 1.73 bits per heavy atom. The van der Waals surface area contributed by atoms with E-state index < -0.39 is 0 Å². The van der Waals surface area contributed by atoms with E-state index in [1.807, 2.05) is 66.7 Å². The van der Waals surface area contributed by atoms with Gasteiger partial charge in [0, 0.05) is 5.56 Å². The molecule has 0 saturated carbocycles. The fourth-order valence-electron chi connectivity index (χ4n) is 3.31. The van der Waals surface area contributed by atoms with Crippen molar-refractivity contribution in [2.45, 2.75) is 12.0 Å². The van der Waals surface area contributed by atoms with Gasteiger partial charge in [0.15, 0.2) is 6.10 Å². The molecule has 1 aliphatic heterocycles. The molecule has 1 aliphatic rings. The fraction of sp³-hybridized carbons (Fsp3) is 0.136. The lowest BCUT2D eigenvalue weighted by molar-refractivity contribution is 0.151. The van der Waals surface area contributed by atoms with Crippen LogP contribution in [-0.2, 0) is 4.74 Å². The number of methoxy groups -OCH3 is 1. The molecule has 0 saturated heterocycles. The van der Waals surface area contributed by atoms with E-state index in [4.69, 9.17) is 13.9 Å². The predicted molar refractivity (Wildman–Crippen MR) is 97.2 cm³/mol. The molecule has 0 fully saturated rings. The molecule has 2 heterocycles. The largest absolute Gasteiger partial charge is 0.497 e. The number of ether oxygens (including phenoxy) is 2. The standard InChI is InChI=1S/C22H17NO3/c1-24-17-11-9-16(10-12-17)21-18(14-23)20(15-6-3-2-4-7-15)22(26-21)19-8-5-13-25-19/h2-13,20,22H,1H3/t20-,22-/m0/s1. The molecule has 0 aliphatic carbocycles. The summed E-state index contributed by atoms with van der Waals surface area (Å²) in [5.74, 6) is 1.83. The molecule has 128 valence electrons. The molecule has 0 unspecified atom stereocenters. The third kappa shape index (κ3) is 2.74. The highest BCUT2D eigenvalue weighted by molar-refractivity contribution is 5.72. The quantitative estimate of drug-likeness (QED) is 0.663. The van der Waals surface area contributed by atoms with E-state index in [1.54, 1.807) is 13.4 Å². The first-order chi connectivity index (χ1) is 12.8. The molecule has 4 rings (SSSR count). The van der Waals surface area contributed by atoms with Gasteiger partial charge in [-0.2, -0.15) is 5.26 Å². The van der Waals surface area contributed by atoms with Gasteiger partial charge in [-0.1, -0.05) is 30.3 Å². The molecule has 26 heavy (non-hydrogen) atoms. The summed E-state index contributed by atoms with van der Waals surface area (Å²) in [5.41, 5.74) is 2.47. The number of hydrogen-bond donors (Lipinski definition) is 0. The van der Waals surface area contributed by atoms with Gasteiger partial charge in [0.1, 0.15) is 17.3 Å². The second-order valence-electron chi connectivity index (χ2n) is 6.03. The van der Waals surface area contributed by atoms with Gasteiger partial charge in [0.25, 0.3) is 0 Å². The number of nitrogens with zero attached hydrogens (tertiary/aromatic N) is 1. The summed E-state index contributed by atoms with van der Waals surface area (Å²) in [6, 6.07) is 23.5. The molecule has 4 heteroatoms. The molecule has 4 nitrogen and oxygen atoms in total. The van der Waals surface area contributed by atoms with Crippen molar-refractivity contribution in [3.8, 4) is 11.8 Å². The van der Waals surface area contributed by atoms with Crippen molar-refractivity contribution < 1.29 is 13.9 Å². The van der Waals surface area contributed by atoms with E-state index in [0.29, 0.717) is 17.1 Å². The number of nitriles is 1. The van der Waals surface area contributed by atoms with Crippen molar-refractivity contribution in [3.05, 3.63) is 95.5 Å². The van der Waals surface area contributed by atoms with Crippen LogP contribution >= 0.6 is 0 Å². The molecule has 0 radical (unpaired) electrons. The van der Waals surface area contributed by atoms with E-state index in [1.165, 1.54) is 0 Å². The Kier molecular flexibility index (Phi) is 4.20. The number of furan rings is 1. The van der Waals surface area contributed by atoms with Crippen LogP contribution in [0.25, 0.3) is 5.76 Å². The first-order valence-electron chi connectivity index (χ1n) is 8.35. The van der Waals surface area contributed by atoms with Crippen LogP contribution in [0, 0.1) is 11.3 Å². The van der Waals surface area contributed by atoms with Crippen LogP contribution in [0.1, 0.15) is 28.9 Å². The van der Waals surface area contributed by atoms with Crippen LogP contribution in [0.3, 0.4) is 0 Å². The summed E-state index contributed by atoms with van der Waals surface area (Å²) < 4.78 is 17.1. The maximum absolute atomic E-state index is 9.90. The minimum atomic E-state index is -0.376. The summed E-state index contributed by atoms with van der Waals surface area (Å²) in [7, 11) is 1.62. The van der Waals surface area contributed by atoms with Crippen molar-refractivity contribution in [1.29, 1.82) is 5.26 Å². The predicted octanol–water partition coefficient (Wildman–Crippen LogP) is 5.08.